The number of nitrogens with one attached hydrogen (secondary N) is 1. The zero-order valence-electron chi connectivity index (χ0n) is 6.15. The molecule has 2 heteroatoms. The maximum absolute atomic E-state index is 11.0. The van der Waals surface area contributed by atoms with Gasteiger partial charge in [0.25, 0.3) is 0 Å². The van der Waals surface area contributed by atoms with E-state index in [4.69, 9.17) is 0 Å². The molecule has 2 fully saturated rings. The summed E-state index contributed by atoms with van der Waals surface area (Å²) in [7, 11) is 0. The minimum Gasteiger partial charge on any atom is -0.356 e. The maximum atomic E-state index is 11.0. The molecule has 1 amide bonds. The highest BCUT2D eigenvalue weighted by atomic mass is 16.1. The lowest BCUT2D eigenvalue weighted by Gasteiger charge is -2.44. The van der Waals surface area contributed by atoms with Gasteiger partial charge in [0.2, 0.25) is 5.91 Å². The van der Waals surface area contributed by atoms with E-state index in [1.54, 1.807) is 0 Å². The van der Waals surface area contributed by atoms with Crippen LogP contribution in [0, 0.1) is 5.41 Å². The van der Waals surface area contributed by atoms with E-state index >= 15 is 0 Å². The van der Waals surface area contributed by atoms with Gasteiger partial charge in [0.05, 0.1) is 0 Å². The Bertz CT molecular complexity index is 161. The Morgan fingerprint density at radius 1 is 1.30 bits per heavy atom. The molecule has 2 rings (SSSR count). The van der Waals surface area contributed by atoms with Crippen molar-refractivity contribution in [3.63, 3.8) is 0 Å². The number of carbonyl (C=O) groups excluding carboxylic acids is 1. The second kappa shape index (κ2) is 1.97. The molecule has 1 aliphatic carbocycles. The van der Waals surface area contributed by atoms with Crippen LogP contribution < -0.4 is 5.32 Å². The van der Waals surface area contributed by atoms with Crippen molar-refractivity contribution in [3.8, 4) is 0 Å². The molecular weight excluding hydrogens is 126 g/mol. The molecule has 0 unspecified atom stereocenters. The third-order valence-electron chi connectivity index (χ3n) is 2.93. The van der Waals surface area contributed by atoms with Crippen LogP contribution in [0.5, 0.6) is 0 Å². The summed E-state index contributed by atoms with van der Waals surface area (Å²) in [4.78, 5) is 11.0. The summed E-state index contributed by atoms with van der Waals surface area (Å²) in [6.45, 7) is 0.916. The van der Waals surface area contributed by atoms with Gasteiger partial charge in [-0.1, -0.05) is 6.42 Å². The summed E-state index contributed by atoms with van der Waals surface area (Å²) in [5.74, 6) is 0.269. The number of piperidine rings is 1. The number of hydrogen-bond donors (Lipinski definition) is 1. The summed E-state index contributed by atoms with van der Waals surface area (Å²) < 4.78 is 0. The molecule has 0 bridgehead atoms. The topological polar surface area (TPSA) is 29.1 Å². The van der Waals surface area contributed by atoms with Crippen LogP contribution in [0.4, 0.5) is 0 Å². The van der Waals surface area contributed by atoms with Crippen LogP contribution >= 0.6 is 0 Å². The zero-order valence-corrected chi connectivity index (χ0v) is 6.15. The Labute approximate surface area is 61.0 Å². The standard InChI is InChI=1S/C8H13NO/c10-7-6-8(2-1-3-8)4-5-9-7/h1-6H2,(H,9,10). The molecule has 1 saturated carbocycles. The first-order chi connectivity index (χ1) is 4.81. The second-order valence-corrected chi connectivity index (χ2v) is 3.63. The van der Waals surface area contributed by atoms with Crippen molar-refractivity contribution in [1.29, 1.82) is 0 Å². The van der Waals surface area contributed by atoms with Crippen molar-refractivity contribution >= 4 is 5.91 Å². The van der Waals surface area contributed by atoms with Gasteiger partial charge in [-0.15, -0.1) is 0 Å². The van der Waals surface area contributed by atoms with Crippen molar-refractivity contribution < 1.29 is 4.79 Å². The molecule has 0 radical (unpaired) electrons. The van der Waals surface area contributed by atoms with Gasteiger partial charge in [-0.3, -0.25) is 4.79 Å². The van der Waals surface area contributed by atoms with Gasteiger partial charge >= 0.3 is 0 Å². The van der Waals surface area contributed by atoms with Gasteiger partial charge in [0, 0.05) is 13.0 Å². The summed E-state index contributed by atoms with van der Waals surface area (Å²) in [5.41, 5.74) is 0.461. The predicted octanol–water partition coefficient (Wildman–Crippen LogP) is 1.07. The van der Waals surface area contributed by atoms with Gasteiger partial charge in [-0.05, 0) is 24.7 Å². The smallest absolute Gasteiger partial charge is 0.220 e. The van der Waals surface area contributed by atoms with Gasteiger partial charge in [-0.25, -0.2) is 0 Å². The van der Waals surface area contributed by atoms with Crippen molar-refractivity contribution in [2.75, 3.05) is 6.54 Å². The Balaban J connectivity index is 2.02. The molecule has 2 aliphatic rings. The Hall–Kier alpha value is -0.530. The van der Waals surface area contributed by atoms with Gasteiger partial charge in [-0.2, -0.15) is 0 Å². The third-order valence-corrected chi connectivity index (χ3v) is 2.93. The Morgan fingerprint density at radius 3 is 2.50 bits per heavy atom. The van der Waals surface area contributed by atoms with Crippen molar-refractivity contribution in [2.24, 2.45) is 5.41 Å². The van der Waals surface area contributed by atoms with Crippen LogP contribution in [-0.4, -0.2) is 12.5 Å². The van der Waals surface area contributed by atoms with E-state index in [0.717, 1.165) is 13.0 Å². The molecule has 0 aromatic carbocycles. The highest BCUT2D eigenvalue weighted by molar-refractivity contribution is 5.77. The number of rotatable bonds is 0. The number of amides is 1. The van der Waals surface area contributed by atoms with Crippen LogP contribution in [0.3, 0.4) is 0 Å². The zero-order chi connectivity index (χ0) is 7.03. The third kappa shape index (κ3) is 0.825. The highest BCUT2D eigenvalue weighted by Gasteiger charge is 2.40. The molecule has 1 saturated heterocycles. The molecule has 10 heavy (non-hydrogen) atoms. The van der Waals surface area contributed by atoms with E-state index in [1.807, 2.05) is 0 Å². The first-order valence-electron chi connectivity index (χ1n) is 4.08. The molecule has 0 aromatic heterocycles. The van der Waals surface area contributed by atoms with Crippen LogP contribution in [-0.2, 0) is 4.79 Å². The SMILES string of the molecule is O=C1CC2(CCC2)CCN1. The van der Waals surface area contributed by atoms with Gasteiger partial charge in [0.15, 0.2) is 0 Å². The fourth-order valence-electron chi connectivity index (χ4n) is 2.06. The quantitative estimate of drug-likeness (QED) is 0.534. The molecule has 2 nitrogen and oxygen atoms in total. The average molecular weight is 139 g/mol. The van der Waals surface area contributed by atoms with Crippen molar-refractivity contribution in [1.82, 2.24) is 5.32 Å². The van der Waals surface area contributed by atoms with E-state index < -0.39 is 0 Å². The minimum atomic E-state index is 0.269. The molecular formula is C8H13NO. The fraction of sp³-hybridized carbons (Fsp3) is 0.875. The summed E-state index contributed by atoms with van der Waals surface area (Å²) in [5, 5.41) is 2.87. The maximum Gasteiger partial charge on any atom is 0.220 e. The lowest BCUT2D eigenvalue weighted by atomic mass is 9.63. The van der Waals surface area contributed by atoms with Gasteiger partial charge < -0.3 is 5.32 Å². The van der Waals surface area contributed by atoms with Crippen molar-refractivity contribution in [2.45, 2.75) is 32.1 Å². The van der Waals surface area contributed by atoms with Gasteiger partial charge in [0.1, 0.15) is 0 Å². The Morgan fingerprint density at radius 2 is 2.10 bits per heavy atom. The van der Waals surface area contributed by atoms with E-state index in [0.29, 0.717) is 5.41 Å². The molecule has 1 aliphatic heterocycles. The normalized spacial score (nSPS) is 29.4. The molecule has 0 aromatic rings. The van der Waals surface area contributed by atoms with Crippen molar-refractivity contribution in [3.05, 3.63) is 0 Å². The predicted molar refractivity (Wildman–Crippen MR) is 38.5 cm³/mol. The first kappa shape index (κ1) is 6.20. The molecule has 1 spiro atoms. The fourth-order valence-corrected chi connectivity index (χ4v) is 2.06. The Kier molecular flexibility index (Phi) is 1.22. The van der Waals surface area contributed by atoms with Crippen LogP contribution in [0.2, 0.25) is 0 Å². The summed E-state index contributed by atoms with van der Waals surface area (Å²) in [6.07, 6.45) is 5.94. The van der Waals surface area contributed by atoms with Crippen LogP contribution in [0.15, 0.2) is 0 Å². The van der Waals surface area contributed by atoms with Crippen LogP contribution in [0.1, 0.15) is 32.1 Å². The van der Waals surface area contributed by atoms with E-state index in [-0.39, 0.29) is 5.91 Å². The highest BCUT2D eigenvalue weighted by Crippen LogP contribution is 2.47. The van der Waals surface area contributed by atoms with E-state index in [2.05, 4.69) is 5.32 Å². The molecule has 1 heterocycles. The lowest BCUT2D eigenvalue weighted by Crippen LogP contribution is -2.44. The van der Waals surface area contributed by atoms with Crippen LogP contribution in [0.25, 0.3) is 0 Å². The monoisotopic (exact) mass is 139 g/mol. The lowest BCUT2D eigenvalue weighted by molar-refractivity contribution is -0.127. The van der Waals surface area contributed by atoms with E-state index in [1.165, 1.54) is 25.7 Å². The molecule has 56 valence electrons. The number of hydrogen-bond acceptors (Lipinski definition) is 1. The largest absolute Gasteiger partial charge is 0.356 e. The molecule has 1 N–H and O–H groups in total. The number of carbonyl (C=O) groups is 1. The minimum absolute atomic E-state index is 0.269. The average Bonchev–Trinajstić information content (AvgIpc) is 1.85. The summed E-state index contributed by atoms with van der Waals surface area (Å²) >= 11 is 0. The second-order valence-electron chi connectivity index (χ2n) is 3.63. The van der Waals surface area contributed by atoms with E-state index in [9.17, 15) is 4.79 Å². The first-order valence-corrected chi connectivity index (χ1v) is 4.08. The molecule has 0 atom stereocenters. The summed E-state index contributed by atoms with van der Waals surface area (Å²) in [6, 6.07) is 0.